The Bertz CT molecular complexity index is 839. The van der Waals surface area contributed by atoms with E-state index in [0.717, 1.165) is 11.3 Å². The van der Waals surface area contributed by atoms with Crippen LogP contribution >= 0.6 is 23.4 Å². The van der Waals surface area contributed by atoms with Gasteiger partial charge in [-0.1, -0.05) is 54.9 Å². The zero-order chi connectivity index (χ0) is 22.1. The van der Waals surface area contributed by atoms with E-state index in [1.807, 2.05) is 57.2 Å². The van der Waals surface area contributed by atoms with Crippen LogP contribution in [0.25, 0.3) is 0 Å². The lowest BCUT2D eigenvalue weighted by Crippen LogP contribution is -2.50. The summed E-state index contributed by atoms with van der Waals surface area (Å²) in [6.45, 7) is 8.24. The molecular formula is C24H31ClN2O2S. The molecule has 2 rings (SSSR count). The summed E-state index contributed by atoms with van der Waals surface area (Å²) in [4.78, 5) is 27.7. The molecule has 1 N–H and O–H groups in total. The molecule has 0 saturated heterocycles. The maximum Gasteiger partial charge on any atom is 0.243 e. The number of amides is 2. The van der Waals surface area contributed by atoms with Crippen molar-refractivity contribution in [3.8, 4) is 0 Å². The average molecular weight is 447 g/mol. The van der Waals surface area contributed by atoms with Crippen molar-refractivity contribution in [2.75, 3.05) is 5.75 Å². The molecule has 1 atom stereocenters. The zero-order valence-corrected chi connectivity index (χ0v) is 19.7. The van der Waals surface area contributed by atoms with Gasteiger partial charge in [0, 0.05) is 23.4 Å². The molecule has 2 aromatic rings. The van der Waals surface area contributed by atoms with E-state index in [2.05, 4.69) is 24.4 Å². The monoisotopic (exact) mass is 446 g/mol. The highest BCUT2D eigenvalue weighted by molar-refractivity contribution is 7.99. The molecule has 0 aliphatic rings. The van der Waals surface area contributed by atoms with Gasteiger partial charge in [0.05, 0.1) is 5.75 Å². The number of rotatable bonds is 10. The van der Waals surface area contributed by atoms with Crippen LogP contribution in [0.15, 0.2) is 48.5 Å². The number of nitrogens with one attached hydrogen (secondary N) is 1. The van der Waals surface area contributed by atoms with E-state index in [1.165, 1.54) is 11.1 Å². The number of carbonyl (C=O) groups excluding carboxylic acids is 2. The van der Waals surface area contributed by atoms with Crippen LogP contribution in [0.1, 0.15) is 43.9 Å². The first-order chi connectivity index (χ1) is 14.3. The molecule has 0 aliphatic heterocycles. The van der Waals surface area contributed by atoms with Gasteiger partial charge < -0.3 is 10.2 Å². The van der Waals surface area contributed by atoms with Crippen molar-refractivity contribution in [1.82, 2.24) is 10.2 Å². The number of carbonyl (C=O) groups is 2. The number of benzene rings is 2. The van der Waals surface area contributed by atoms with Crippen molar-refractivity contribution >= 4 is 35.2 Å². The van der Waals surface area contributed by atoms with Crippen LogP contribution in [0.5, 0.6) is 0 Å². The molecule has 2 aromatic carbocycles. The molecule has 0 fully saturated rings. The van der Waals surface area contributed by atoms with E-state index < -0.39 is 6.04 Å². The van der Waals surface area contributed by atoms with Crippen molar-refractivity contribution in [1.29, 1.82) is 0 Å². The molecule has 0 bridgehead atoms. The summed E-state index contributed by atoms with van der Waals surface area (Å²) in [5, 5.41) is 3.60. The topological polar surface area (TPSA) is 49.4 Å². The quantitative estimate of drug-likeness (QED) is 0.544. The highest BCUT2D eigenvalue weighted by atomic mass is 35.5. The van der Waals surface area contributed by atoms with Gasteiger partial charge in [-0.2, -0.15) is 0 Å². The Morgan fingerprint density at radius 3 is 2.37 bits per heavy atom. The average Bonchev–Trinajstić information content (AvgIpc) is 2.70. The number of nitrogens with zero attached hydrogens (tertiary/aromatic N) is 1. The van der Waals surface area contributed by atoms with E-state index in [9.17, 15) is 9.59 Å². The second-order valence-corrected chi connectivity index (χ2v) is 9.08. The Balaban J connectivity index is 2.13. The first-order valence-electron chi connectivity index (χ1n) is 10.3. The van der Waals surface area contributed by atoms with Gasteiger partial charge in [-0.05, 0) is 56.0 Å². The molecule has 0 radical (unpaired) electrons. The maximum atomic E-state index is 13.2. The molecule has 0 aliphatic carbocycles. The molecule has 0 spiro atoms. The van der Waals surface area contributed by atoms with Crippen LogP contribution < -0.4 is 5.32 Å². The summed E-state index contributed by atoms with van der Waals surface area (Å²) in [5.41, 5.74) is 3.40. The van der Waals surface area contributed by atoms with Gasteiger partial charge in [0.25, 0.3) is 0 Å². The number of hydrogen-bond acceptors (Lipinski definition) is 3. The van der Waals surface area contributed by atoms with Crippen molar-refractivity contribution in [3.05, 3.63) is 70.2 Å². The highest BCUT2D eigenvalue weighted by Gasteiger charge is 2.28. The smallest absolute Gasteiger partial charge is 0.243 e. The lowest BCUT2D eigenvalue weighted by atomic mass is 10.1. The Morgan fingerprint density at radius 1 is 1.10 bits per heavy atom. The normalized spacial score (nSPS) is 11.9. The van der Waals surface area contributed by atoms with Gasteiger partial charge >= 0.3 is 0 Å². The molecule has 0 aromatic heterocycles. The van der Waals surface area contributed by atoms with Gasteiger partial charge in [0.15, 0.2) is 0 Å². The maximum absolute atomic E-state index is 13.2. The van der Waals surface area contributed by atoms with Crippen LogP contribution in [-0.2, 0) is 21.9 Å². The third-order valence-electron chi connectivity index (χ3n) is 4.83. The molecule has 6 heteroatoms. The molecule has 4 nitrogen and oxygen atoms in total. The number of aryl methyl sites for hydroxylation is 1. The van der Waals surface area contributed by atoms with E-state index in [4.69, 9.17) is 11.6 Å². The minimum Gasteiger partial charge on any atom is -0.352 e. The van der Waals surface area contributed by atoms with Crippen LogP contribution in [0.2, 0.25) is 5.02 Å². The fraction of sp³-hybridized carbons (Fsp3) is 0.417. The van der Waals surface area contributed by atoms with Crippen molar-refractivity contribution < 1.29 is 9.59 Å². The third kappa shape index (κ3) is 7.37. The lowest BCUT2D eigenvalue weighted by Gasteiger charge is -2.31. The Kier molecular flexibility index (Phi) is 9.73. The van der Waals surface area contributed by atoms with Crippen molar-refractivity contribution in [2.24, 2.45) is 0 Å². The standard InChI is InChI=1S/C24H31ClN2O2S/c1-5-22(24(29)26-17(2)3)27(14-19-10-12-21(25)13-11-19)23(28)16-30-15-20-9-7-6-8-18(20)4/h6-13,17,22H,5,14-16H2,1-4H3,(H,26,29). The summed E-state index contributed by atoms with van der Waals surface area (Å²) in [6, 6.07) is 15.1. The largest absolute Gasteiger partial charge is 0.352 e. The molecule has 30 heavy (non-hydrogen) atoms. The molecule has 2 amide bonds. The summed E-state index contributed by atoms with van der Waals surface area (Å²) >= 11 is 7.58. The van der Waals surface area contributed by atoms with E-state index in [0.29, 0.717) is 23.7 Å². The van der Waals surface area contributed by atoms with Gasteiger partial charge in [-0.15, -0.1) is 11.8 Å². The van der Waals surface area contributed by atoms with E-state index in [-0.39, 0.29) is 17.9 Å². The summed E-state index contributed by atoms with van der Waals surface area (Å²) < 4.78 is 0. The van der Waals surface area contributed by atoms with Gasteiger partial charge in [-0.3, -0.25) is 9.59 Å². The minimum atomic E-state index is -0.505. The fourth-order valence-corrected chi connectivity index (χ4v) is 4.30. The van der Waals surface area contributed by atoms with Gasteiger partial charge in [0.2, 0.25) is 11.8 Å². The van der Waals surface area contributed by atoms with E-state index in [1.54, 1.807) is 16.7 Å². The lowest BCUT2D eigenvalue weighted by molar-refractivity contribution is -0.139. The van der Waals surface area contributed by atoms with Crippen LogP contribution in [-0.4, -0.2) is 34.6 Å². The zero-order valence-electron chi connectivity index (χ0n) is 18.2. The first kappa shape index (κ1) is 24.3. The molecule has 0 heterocycles. The third-order valence-corrected chi connectivity index (χ3v) is 6.05. The van der Waals surface area contributed by atoms with E-state index >= 15 is 0 Å². The van der Waals surface area contributed by atoms with Crippen molar-refractivity contribution in [3.63, 3.8) is 0 Å². The number of hydrogen-bond donors (Lipinski definition) is 1. The van der Waals surface area contributed by atoms with Crippen LogP contribution in [0, 0.1) is 6.92 Å². The number of thioether (sulfide) groups is 1. The van der Waals surface area contributed by atoms with Crippen LogP contribution in [0.3, 0.4) is 0 Å². The summed E-state index contributed by atoms with van der Waals surface area (Å²) in [7, 11) is 0. The Morgan fingerprint density at radius 2 is 1.77 bits per heavy atom. The fourth-order valence-electron chi connectivity index (χ4n) is 3.19. The second-order valence-electron chi connectivity index (χ2n) is 7.65. The predicted octanol–water partition coefficient (Wildman–Crippen LogP) is 5.21. The molecular weight excluding hydrogens is 416 g/mol. The van der Waals surface area contributed by atoms with Crippen LogP contribution in [0.4, 0.5) is 0 Å². The Labute approximate surface area is 189 Å². The first-order valence-corrected chi connectivity index (χ1v) is 11.8. The number of halogens is 1. The molecule has 162 valence electrons. The van der Waals surface area contributed by atoms with Gasteiger partial charge in [0.1, 0.15) is 6.04 Å². The second kappa shape index (κ2) is 12.0. The highest BCUT2D eigenvalue weighted by Crippen LogP contribution is 2.20. The molecule has 0 saturated carbocycles. The summed E-state index contributed by atoms with van der Waals surface area (Å²) in [6.07, 6.45) is 0.556. The SMILES string of the molecule is CCC(C(=O)NC(C)C)N(Cc1ccc(Cl)cc1)C(=O)CSCc1ccccc1C. The van der Waals surface area contributed by atoms with Crippen molar-refractivity contribution in [2.45, 2.75) is 58.5 Å². The Hall–Kier alpha value is -1.98. The summed E-state index contributed by atoms with van der Waals surface area (Å²) in [5.74, 6) is 0.947. The predicted molar refractivity (Wildman–Crippen MR) is 127 cm³/mol. The minimum absolute atomic E-state index is 0.0227. The van der Waals surface area contributed by atoms with Gasteiger partial charge in [-0.25, -0.2) is 0 Å². The molecule has 1 unspecified atom stereocenters.